The summed E-state index contributed by atoms with van der Waals surface area (Å²) in [6, 6.07) is 10.3. The van der Waals surface area contributed by atoms with E-state index in [4.69, 9.17) is 11.6 Å². The molecule has 0 amide bonds. The van der Waals surface area contributed by atoms with Crippen LogP contribution in [0.25, 0.3) is 0 Å². The van der Waals surface area contributed by atoms with Gasteiger partial charge in [-0.25, -0.2) is 0 Å². The summed E-state index contributed by atoms with van der Waals surface area (Å²) < 4.78 is 0. The third kappa shape index (κ3) is 5.63. The fourth-order valence-corrected chi connectivity index (χ4v) is 2.87. The largest absolute Gasteiger partial charge is 0.315 e. The number of benzene rings is 1. The Morgan fingerprint density at radius 2 is 1.90 bits per heavy atom. The van der Waals surface area contributed by atoms with Crippen molar-refractivity contribution in [2.24, 2.45) is 0 Å². The summed E-state index contributed by atoms with van der Waals surface area (Å²) >= 11 is 7.65. The number of hydrogen-bond donors (Lipinski definition) is 1. The average Bonchev–Trinajstić information content (AvgIpc) is 2.94. The number of nitrogens with zero attached hydrogens (tertiary/aromatic N) is 1. The van der Waals surface area contributed by atoms with Crippen LogP contribution in [0.15, 0.2) is 41.1 Å². The summed E-state index contributed by atoms with van der Waals surface area (Å²) in [5.41, 5.74) is 2.73. The van der Waals surface area contributed by atoms with Crippen LogP contribution in [0.2, 0.25) is 5.02 Å². The maximum atomic E-state index is 5.89. The number of rotatable bonds is 8. The molecule has 0 atom stereocenters. The van der Waals surface area contributed by atoms with Gasteiger partial charge in [-0.2, -0.15) is 11.3 Å². The van der Waals surface area contributed by atoms with Gasteiger partial charge < -0.3 is 10.2 Å². The van der Waals surface area contributed by atoms with Crippen molar-refractivity contribution in [1.29, 1.82) is 0 Å². The van der Waals surface area contributed by atoms with Crippen molar-refractivity contribution in [3.8, 4) is 0 Å². The number of halogens is 1. The Kier molecular flexibility index (Phi) is 6.54. The van der Waals surface area contributed by atoms with Crippen LogP contribution >= 0.6 is 22.9 Å². The quantitative estimate of drug-likeness (QED) is 0.749. The third-order valence-corrected chi connectivity index (χ3v) is 4.19. The van der Waals surface area contributed by atoms with Gasteiger partial charge in [0.15, 0.2) is 0 Å². The van der Waals surface area contributed by atoms with E-state index < -0.39 is 0 Å². The van der Waals surface area contributed by atoms with Gasteiger partial charge in [0.25, 0.3) is 0 Å². The fourth-order valence-electron chi connectivity index (χ4n) is 2.04. The number of thiophene rings is 1. The number of nitrogens with one attached hydrogen (secondary N) is 1. The molecule has 0 radical (unpaired) electrons. The molecule has 0 unspecified atom stereocenters. The van der Waals surface area contributed by atoms with Crippen LogP contribution < -0.4 is 5.32 Å². The van der Waals surface area contributed by atoms with E-state index in [2.05, 4.69) is 46.2 Å². The minimum atomic E-state index is 0.798. The lowest BCUT2D eigenvalue weighted by atomic mass is 10.2. The highest BCUT2D eigenvalue weighted by Gasteiger charge is 2.00. The van der Waals surface area contributed by atoms with Crippen LogP contribution in [0.1, 0.15) is 11.1 Å². The molecule has 0 spiro atoms. The van der Waals surface area contributed by atoms with Gasteiger partial charge in [-0.3, -0.25) is 0 Å². The first kappa shape index (κ1) is 15.5. The summed E-state index contributed by atoms with van der Waals surface area (Å²) in [5, 5.41) is 8.64. The Bertz CT molecular complexity index is 482. The van der Waals surface area contributed by atoms with E-state index in [9.17, 15) is 0 Å². The zero-order valence-corrected chi connectivity index (χ0v) is 13.4. The number of likely N-dealkylation sites (N-methyl/N-ethyl adjacent to an activating group) is 1. The normalized spacial score (nSPS) is 11.2. The second-order valence-electron chi connectivity index (χ2n) is 5.00. The Morgan fingerprint density at radius 3 is 2.60 bits per heavy atom. The van der Waals surface area contributed by atoms with Crippen LogP contribution in [0.3, 0.4) is 0 Å². The van der Waals surface area contributed by atoms with Crippen LogP contribution in [-0.2, 0) is 13.0 Å². The molecule has 0 aliphatic rings. The van der Waals surface area contributed by atoms with Gasteiger partial charge >= 0.3 is 0 Å². The average molecular weight is 309 g/mol. The minimum Gasteiger partial charge on any atom is -0.315 e. The van der Waals surface area contributed by atoms with E-state index in [0.717, 1.165) is 37.6 Å². The van der Waals surface area contributed by atoms with E-state index in [0.29, 0.717) is 0 Å². The molecule has 0 saturated heterocycles. The molecule has 0 bridgehead atoms. The van der Waals surface area contributed by atoms with Gasteiger partial charge in [-0.15, -0.1) is 0 Å². The Balaban J connectivity index is 1.58. The fraction of sp³-hybridized carbons (Fsp3) is 0.375. The summed E-state index contributed by atoms with van der Waals surface area (Å²) in [6.45, 7) is 4.08. The molecule has 0 aliphatic carbocycles. The smallest absolute Gasteiger partial charge is 0.0406 e. The summed E-state index contributed by atoms with van der Waals surface area (Å²) in [6.07, 6.45) is 1.12. The van der Waals surface area contributed by atoms with Crippen molar-refractivity contribution in [3.05, 3.63) is 57.2 Å². The molecular weight excluding hydrogens is 288 g/mol. The molecule has 0 aliphatic heterocycles. The van der Waals surface area contributed by atoms with Crippen molar-refractivity contribution in [3.63, 3.8) is 0 Å². The van der Waals surface area contributed by atoms with Gasteiger partial charge in [0.2, 0.25) is 0 Å². The standard InChI is InChI=1S/C16H21ClN2S/c1-19(12-14-2-4-16(17)5-3-14)10-9-18-8-6-15-7-11-20-13-15/h2-5,7,11,13,18H,6,8-10,12H2,1H3. The topological polar surface area (TPSA) is 15.3 Å². The molecule has 1 aromatic heterocycles. The highest BCUT2D eigenvalue weighted by molar-refractivity contribution is 7.07. The molecule has 1 N–H and O–H groups in total. The van der Waals surface area contributed by atoms with Gasteiger partial charge in [-0.1, -0.05) is 23.7 Å². The Labute approximate surface area is 130 Å². The highest BCUT2D eigenvalue weighted by atomic mass is 35.5. The van der Waals surface area contributed by atoms with Crippen molar-refractivity contribution in [2.75, 3.05) is 26.7 Å². The van der Waals surface area contributed by atoms with E-state index in [1.807, 2.05) is 12.1 Å². The first-order chi connectivity index (χ1) is 9.74. The summed E-state index contributed by atoms with van der Waals surface area (Å²) in [5.74, 6) is 0. The molecular formula is C16H21ClN2S. The van der Waals surface area contributed by atoms with Crippen LogP contribution in [0.4, 0.5) is 0 Å². The zero-order chi connectivity index (χ0) is 14.2. The van der Waals surface area contributed by atoms with E-state index in [1.165, 1.54) is 11.1 Å². The molecule has 4 heteroatoms. The molecule has 0 saturated carbocycles. The summed E-state index contributed by atoms with van der Waals surface area (Å²) in [4.78, 5) is 2.32. The van der Waals surface area contributed by atoms with Crippen LogP contribution in [-0.4, -0.2) is 31.6 Å². The van der Waals surface area contributed by atoms with E-state index in [-0.39, 0.29) is 0 Å². The van der Waals surface area contributed by atoms with Crippen molar-refractivity contribution >= 4 is 22.9 Å². The maximum absolute atomic E-state index is 5.89. The van der Waals surface area contributed by atoms with Gasteiger partial charge in [0.05, 0.1) is 0 Å². The highest BCUT2D eigenvalue weighted by Crippen LogP contribution is 2.10. The predicted molar refractivity (Wildman–Crippen MR) is 88.7 cm³/mol. The van der Waals surface area contributed by atoms with E-state index >= 15 is 0 Å². The minimum absolute atomic E-state index is 0.798. The molecule has 108 valence electrons. The van der Waals surface area contributed by atoms with Crippen molar-refractivity contribution in [2.45, 2.75) is 13.0 Å². The second-order valence-corrected chi connectivity index (χ2v) is 6.21. The van der Waals surface area contributed by atoms with Crippen LogP contribution in [0.5, 0.6) is 0 Å². The molecule has 20 heavy (non-hydrogen) atoms. The predicted octanol–water partition coefficient (Wildman–Crippen LogP) is 3.67. The van der Waals surface area contributed by atoms with Crippen LogP contribution in [0, 0.1) is 0 Å². The number of hydrogen-bond acceptors (Lipinski definition) is 3. The SMILES string of the molecule is CN(CCNCCc1ccsc1)Cc1ccc(Cl)cc1. The molecule has 2 nitrogen and oxygen atoms in total. The second kappa shape index (κ2) is 8.42. The van der Waals surface area contributed by atoms with Gasteiger partial charge in [0, 0.05) is 24.7 Å². The monoisotopic (exact) mass is 308 g/mol. The lowest BCUT2D eigenvalue weighted by molar-refractivity contribution is 0.325. The summed E-state index contributed by atoms with van der Waals surface area (Å²) in [7, 11) is 2.15. The molecule has 1 aromatic carbocycles. The zero-order valence-electron chi connectivity index (χ0n) is 11.8. The molecule has 2 rings (SSSR count). The first-order valence-corrected chi connectivity index (χ1v) is 8.21. The van der Waals surface area contributed by atoms with Gasteiger partial charge in [0.1, 0.15) is 0 Å². The maximum Gasteiger partial charge on any atom is 0.0406 e. The van der Waals surface area contributed by atoms with Gasteiger partial charge in [-0.05, 0) is 60.1 Å². The molecule has 2 aromatic rings. The molecule has 1 heterocycles. The lowest BCUT2D eigenvalue weighted by Crippen LogP contribution is -2.30. The van der Waals surface area contributed by atoms with E-state index in [1.54, 1.807) is 11.3 Å². The Morgan fingerprint density at radius 1 is 1.10 bits per heavy atom. The Hall–Kier alpha value is -0.870. The third-order valence-electron chi connectivity index (χ3n) is 3.21. The van der Waals surface area contributed by atoms with Crippen molar-refractivity contribution < 1.29 is 0 Å². The van der Waals surface area contributed by atoms with Crippen molar-refractivity contribution in [1.82, 2.24) is 10.2 Å². The molecule has 0 fully saturated rings. The first-order valence-electron chi connectivity index (χ1n) is 6.89. The lowest BCUT2D eigenvalue weighted by Gasteiger charge is -2.17.